The van der Waals surface area contributed by atoms with E-state index in [0.29, 0.717) is 24.7 Å². The monoisotopic (exact) mass is 392 g/mol. The zero-order valence-corrected chi connectivity index (χ0v) is 16.2. The summed E-state index contributed by atoms with van der Waals surface area (Å²) in [4.78, 5) is 20.8. The maximum absolute atomic E-state index is 13.2. The molecule has 1 saturated heterocycles. The van der Waals surface area contributed by atoms with Gasteiger partial charge in [-0.25, -0.2) is 19.4 Å². The summed E-state index contributed by atoms with van der Waals surface area (Å²) in [6.07, 6.45) is 5.46. The molecule has 29 heavy (non-hydrogen) atoms. The topological polar surface area (TPSA) is 96.2 Å². The Kier molecular flexibility index (Phi) is 4.99. The number of hydrogen-bond acceptors (Lipinski definition) is 5. The van der Waals surface area contributed by atoms with Crippen LogP contribution in [0.4, 0.5) is 15.9 Å². The highest BCUT2D eigenvalue weighted by Gasteiger charge is 2.28. The Morgan fingerprint density at radius 2 is 2.10 bits per heavy atom. The molecule has 0 aliphatic carbocycles. The Morgan fingerprint density at radius 3 is 2.83 bits per heavy atom. The van der Waals surface area contributed by atoms with Crippen LogP contribution >= 0.6 is 0 Å². The molecule has 1 fully saturated rings. The fraction of sp³-hybridized carbons (Fsp3) is 0.300. The van der Waals surface area contributed by atoms with Crippen molar-refractivity contribution in [1.29, 1.82) is 5.26 Å². The van der Waals surface area contributed by atoms with Crippen molar-refractivity contribution in [3.05, 3.63) is 48.2 Å². The number of fused-ring (bicyclic) bond motifs is 1. The molecule has 4 rings (SSSR count). The van der Waals surface area contributed by atoms with Crippen LogP contribution in [0.25, 0.3) is 11.0 Å². The molecule has 0 saturated carbocycles. The lowest BCUT2D eigenvalue weighted by Crippen LogP contribution is -2.56. The predicted octanol–water partition coefficient (Wildman–Crippen LogP) is 2.67. The number of aromatic amines is 1. The number of aromatic nitrogens is 3. The molecule has 1 aliphatic rings. The summed E-state index contributed by atoms with van der Waals surface area (Å²) >= 11 is 0. The number of anilines is 1. The molecule has 9 heteroatoms. The van der Waals surface area contributed by atoms with E-state index in [4.69, 9.17) is 0 Å². The third-order valence-electron chi connectivity index (χ3n) is 5.08. The third kappa shape index (κ3) is 3.69. The number of guanidine groups is 1. The van der Waals surface area contributed by atoms with E-state index in [-0.39, 0.29) is 11.9 Å². The Labute approximate surface area is 167 Å². The number of benzene rings is 1. The molecule has 2 aromatic heterocycles. The first kappa shape index (κ1) is 18.7. The lowest BCUT2D eigenvalue weighted by atomic mass is 10.1. The van der Waals surface area contributed by atoms with E-state index in [2.05, 4.69) is 37.1 Å². The zero-order valence-electron chi connectivity index (χ0n) is 16.2. The SMILES string of the molecule is Cc1c[nH]c2ncnc(N3CCN(C(=Nc4ccc(F)cc4)NC#N)[C@@H](C)C3)c12. The number of aryl methyl sites for hydroxylation is 1. The van der Waals surface area contributed by atoms with Gasteiger partial charge < -0.3 is 14.8 Å². The molecule has 0 radical (unpaired) electrons. The van der Waals surface area contributed by atoms with Gasteiger partial charge in [0.05, 0.1) is 11.1 Å². The van der Waals surface area contributed by atoms with Crippen molar-refractivity contribution < 1.29 is 4.39 Å². The van der Waals surface area contributed by atoms with Crippen LogP contribution in [0.3, 0.4) is 0 Å². The van der Waals surface area contributed by atoms with Crippen molar-refractivity contribution in [3.63, 3.8) is 0 Å². The van der Waals surface area contributed by atoms with Gasteiger partial charge in [-0.3, -0.25) is 5.32 Å². The minimum absolute atomic E-state index is 0.0769. The van der Waals surface area contributed by atoms with Crippen LogP contribution in [-0.4, -0.2) is 51.5 Å². The first-order valence-electron chi connectivity index (χ1n) is 9.36. The van der Waals surface area contributed by atoms with Crippen LogP contribution < -0.4 is 10.2 Å². The summed E-state index contributed by atoms with van der Waals surface area (Å²) in [5, 5.41) is 12.9. The van der Waals surface area contributed by atoms with Crippen molar-refractivity contribution in [2.45, 2.75) is 19.9 Å². The van der Waals surface area contributed by atoms with Gasteiger partial charge >= 0.3 is 0 Å². The average Bonchev–Trinajstić information content (AvgIpc) is 3.10. The van der Waals surface area contributed by atoms with Gasteiger partial charge in [-0.2, -0.15) is 5.26 Å². The van der Waals surface area contributed by atoms with Crippen LogP contribution in [0, 0.1) is 24.2 Å². The summed E-state index contributed by atoms with van der Waals surface area (Å²) in [5.74, 6) is 1.04. The van der Waals surface area contributed by atoms with Gasteiger partial charge in [-0.05, 0) is 43.7 Å². The molecule has 3 aromatic rings. The summed E-state index contributed by atoms with van der Waals surface area (Å²) in [6.45, 7) is 6.21. The van der Waals surface area contributed by atoms with E-state index >= 15 is 0 Å². The van der Waals surface area contributed by atoms with Gasteiger partial charge in [-0.1, -0.05) is 0 Å². The van der Waals surface area contributed by atoms with Gasteiger partial charge in [0.25, 0.3) is 0 Å². The van der Waals surface area contributed by atoms with Gasteiger partial charge in [0, 0.05) is 31.9 Å². The number of nitrogens with zero attached hydrogens (tertiary/aromatic N) is 6. The first-order valence-corrected chi connectivity index (χ1v) is 9.36. The van der Waals surface area contributed by atoms with Crippen LogP contribution in [0.2, 0.25) is 0 Å². The smallest absolute Gasteiger partial charge is 0.212 e. The molecular formula is C20H21FN8. The quantitative estimate of drug-likeness (QED) is 0.301. The molecule has 3 heterocycles. The summed E-state index contributed by atoms with van der Waals surface area (Å²) in [7, 11) is 0. The number of piperazine rings is 1. The second-order valence-electron chi connectivity index (χ2n) is 7.03. The Bertz CT molecular complexity index is 1080. The summed E-state index contributed by atoms with van der Waals surface area (Å²) < 4.78 is 13.2. The normalized spacial score (nSPS) is 17.4. The molecule has 1 aromatic carbocycles. The molecule has 8 nitrogen and oxygen atoms in total. The second-order valence-corrected chi connectivity index (χ2v) is 7.03. The molecule has 1 atom stereocenters. The van der Waals surface area contributed by atoms with Gasteiger partial charge in [-0.15, -0.1) is 0 Å². The number of halogens is 1. The molecule has 0 bridgehead atoms. The molecule has 0 amide bonds. The van der Waals surface area contributed by atoms with E-state index in [1.54, 1.807) is 18.5 Å². The average molecular weight is 392 g/mol. The van der Waals surface area contributed by atoms with Crippen molar-refractivity contribution in [3.8, 4) is 6.19 Å². The molecule has 0 unspecified atom stereocenters. The van der Waals surface area contributed by atoms with Crippen LogP contribution in [0.5, 0.6) is 0 Å². The standard InChI is InChI=1S/C20H21FN8/c1-13-9-23-18-17(13)19(26-12-25-18)28-7-8-29(14(2)10-28)20(24-11-22)27-16-5-3-15(21)4-6-16/h3-6,9,12,14H,7-8,10H2,1-2H3,(H,24,27)(H,23,25,26)/t14-/m0/s1. The van der Waals surface area contributed by atoms with Crippen molar-refractivity contribution in [1.82, 2.24) is 25.2 Å². The number of nitrogens with one attached hydrogen (secondary N) is 2. The van der Waals surface area contributed by atoms with E-state index in [0.717, 1.165) is 29.0 Å². The first-order chi connectivity index (χ1) is 14.1. The zero-order chi connectivity index (χ0) is 20.4. The summed E-state index contributed by atoms with van der Waals surface area (Å²) in [6, 6.07) is 5.95. The van der Waals surface area contributed by atoms with E-state index < -0.39 is 0 Å². The Morgan fingerprint density at radius 1 is 1.31 bits per heavy atom. The molecule has 0 spiro atoms. The fourth-order valence-electron chi connectivity index (χ4n) is 3.65. The van der Waals surface area contributed by atoms with E-state index in [1.165, 1.54) is 12.1 Å². The minimum atomic E-state index is -0.322. The molecule has 1 aliphatic heterocycles. The third-order valence-corrected chi connectivity index (χ3v) is 5.08. The molecule has 148 valence electrons. The van der Waals surface area contributed by atoms with Gasteiger partial charge in [0.1, 0.15) is 23.6 Å². The maximum Gasteiger partial charge on any atom is 0.212 e. The van der Waals surface area contributed by atoms with Crippen LogP contribution in [0.15, 0.2) is 41.8 Å². The van der Waals surface area contributed by atoms with Gasteiger partial charge in [0.2, 0.25) is 5.96 Å². The largest absolute Gasteiger partial charge is 0.352 e. The van der Waals surface area contributed by atoms with Gasteiger partial charge in [0.15, 0.2) is 6.19 Å². The predicted molar refractivity (Wildman–Crippen MR) is 109 cm³/mol. The van der Waals surface area contributed by atoms with Crippen molar-refractivity contribution >= 4 is 28.5 Å². The van der Waals surface area contributed by atoms with Crippen LogP contribution in [-0.2, 0) is 0 Å². The highest BCUT2D eigenvalue weighted by molar-refractivity contribution is 5.91. The molecule has 2 N–H and O–H groups in total. The lowest BCUT2D eigenvalue weighted by molar-refractivity contribution is 0.291. The number of aliphatic imine (C=N–C) groups is 1. The number of rotatable bonds is 2. The Balaban J connectivity index is 1.58. The highest BCUT2D eigenvalue weighted by Crippen LogP contribution is 2.27. The number of H-pyrrole nitrogens is 1. The van der Waals surface area contributed by atoms with E-state index in [1.807, 2.05) is 24.2 Å². The number of nitriles is 1. The van der Waals surface area contributed by atoms with Crippen molar-refractivity contribution in [2.24, 2.45) is 4.99 Å². The summed E-state index contributed by atoms with van der Waals surface area (Å²) in [5.41, 5.74) is 2.52. The Hall–Kier alpha value is -3.67. The highest BCUT2D eigenvalue weighted by atomic mass is 19.1. The fourth-order valence-corrected chi connectivity index (χ4v) is 3.65. The van der Waals surface area contributed by atoms with Crippen LogP contribution in [0.1, 0.15) is 12.5 Å². The van der Waals surface area contributed by atoms with Crippen molar-refractivity contribution in [2.75, 3.05) is 24.5 Å². The molecular weight excluding hydrogens is 371 g/mol. The second kappa shape index (κ2) is 7.75. The maximum atomic E-state index is 13.2. The minimum Gasteiger partial charge on any atom is -0.352 e. The number of hydrogen-bond donors (Lipinski definition) is 2. The van der Waals surface area contributed by atoms with E-state index in [9.17, 15) is 9.65 Å². The lowest BCUT2D eigenvalue weighted by Gasteiger charge is -2.41.